The van der Waals surface area contributed by atoms with Crippen molar-refractivity contribution < 1.29 is 16.8 Å². The van der Waals surface area contributed by atoms with E-state index in [0.29, 0.717) is 17.8 Å². The second kappa shape index (κ2) is 8.11. The van der Waals surface area contributed by atoms with Crippen LogP contribution in [0, 0.1) is 20.8 Å². The number of nitrogens with zero attached hydrogens (tertiary/aromatic N) is 2. The molecule has 1 aromatic heterocycles. The second-order valence-corrected chi connectivity index (χ2v) is 10.4. The first-order chi connectivity index (χ1) is 14.0. The van der Waals surface area contributed by atoms with Gasteiger partial charge in [0.2, 0.25) is 0 Å². The minimum absolute atomic E-state index is 0.00501. The minimum atomic E-state index is -3.91. The molecule has 0 saturated heterocycles. The van der Waals surface area contributed by atoms with Gasteiger partial charge in [0.25, 0.3) is 20.0 Å². The topological polar surface area (TPSA) is 110 Å². The van der Waals surface area contributed by atoms with Gasteiger partial charge in [-0.1, -0.05) is 23.8 Å². The summed E-state index contributed by atoms with van der Waals surface area (Å²) in [7, 11) is -7.82. The molecule has 0 aliphatic heterocycles. The second-order valence-electron chi connectivity index (χ2n) is 7.04. The fourth-order valence-electron chi connectivity index (χ4n) is 2.87. The van der Waals surface area contributed by atoms with Crippen LogP contribution in [0.25, 0.3) is 0 Å². The highest BCUT2D eigenvalue weighted by atomic mass is 32.2. The van der Waals surface area contributed by atoms with E-state index in [-0.39, 0.29) is 15.5 Å². The van der Waals surface area contributed by atoms with Crippen molar-refractivity contribution in [2.45, 2.75) is 44.0 Å². The summed E-state index contributed by atoms with van der Waals surface area (Å²) in [4.78, 5) is -0.0413. The van der Waals surface area contributed by atoms with Crippen LogP contribution in [0.3, 0.4) is 0 Å². The molecule has 0 bridgehead atoms. The average molecular weight is 449 g/mol. The molecule has 2 aromatic carbocycles. The number of anilines is 2. The van der Waals surface area contributed by atoms with Crippen molar-refractivity contribution in [2.75, 3.05) is 9.44 Å². The molecule has 3 aromatic rings. The standard InChI is InChI=1S/C20H24N4O4S2/c1-5-24-13-18(12-21-24)30(27,28)23-20-11-17(8-7-15(20)3)29(25,26)22-19-9-6-14(2)10-16(19)4/h6-13,22-23H,5H2,1-4H3. The summed E-state index contributed by atoms with van der Waals surface area (Å²) < 4.78 is 57.6. The van der Waals surface area contributed by atoms with Gasteiger partial charge >= 0.3 is 0 Å². The Morgan fingerprint density at radius 2 is 1.50 bits per heavy atom. The van der Waals surface area contributed by atoms with Crippen LogP contribution in [-0.2, 0) is 26.6 Å². The number of aryl methyl sites for hydroxylation is 4. The molecule has 0 aliphatic carbocycles. The van der Waals surface area contributed by atoms with E-state index in [2.05, 4.69) is 14.5 Å². The predicted molar refractivity (Wildman–Crippen MR) is 117 cm³/mol. The van der Waals surface area contributed by atoms with Crippen LogP contribution < -0.4 is 9.44 Å². The van der Waals surface area contributed by atoms with Crippen molar-refractivity contribution in [3.8, 4) is 0 Å². The maximum absolute atomic E-state index is 12.9. The highest BCUT2D eigenvalue weighted by molar-refractivity contribution is 7.93. The Balaban J connectivity index is 1.92. The Hall–Kier alpha value is -2.85. The van der Waals surface area contributed by atoms with Crippen molar-refractivity contribution in [2.24, 2.45) is 0 Å². The summed E-state index contributed by atoms with van der Waals surface area (Å²) in [6.07, 6.45) is 2.67. The fraction of sp³-hybridized carbons (Fsp3) is 0.250. The number of sulfonamides is 2. The SMILES string of the molecule is CCn1cc(S(=O)(=O)Nc2cc(S(=O)(=O)Nc3ccc(C)cc3C)ccc2C)cn1. The zero-order chi connectivity index (χ0) is 22.1. The van der Waals surface area contributed by atoms with Crippen LogP contribution in [0.1, 0.15) is 23.6 Å². The van der Waals surface area contributed by atoms with Gasteiger partial charge in [-0.2, -0.15) is 5.10 Å². The molecular formula is C20H24N4O4S2. The van der Waals surface area contributed by atoms with E-state index in [4.69, 9.17) is 0 Å². The van der Waals surface area contributed by atoms with Crippen molar-refractivity contribution in [3.05, 3.63) is 65.5 Å². The molecule has 2 N–H and O–H groups in total. The lowest BCUT2D eigenvalue weighted by Gasteiger charge is -2.14. The summed E-state index contributed by atoms with van der Waals surface area (Å²) in [6.45, 7) is 7.82. The van der Waals surface area contributed by atoms with Gasteiger partial charge in [-0.25, -0.2) is 16.8 Å². The van der Waals surface area contributed by atoms with Crippen molar-refractivity contribution >= 4 is 31.4 Å². The van der Waals surface area contributed by atoms with E-state index < -0.39 is 20.0 Å². The van der Waals surface area contributed by atoms with Crippen LogP contribution in [0.2, 0.25) is 0 Å². The molecule has 0 unspecified atom stereocenters. The van der Waals surface area contributed by atoms with Gasteiger partial charge in [-0.3, -0.25) is 14.1 Å². The third kappa shape index (κ3) is 4.65. The molecule has 0 spiro atoms. The normalized spacial score (nSPS) is 12.0. The van der Waals surface area contributed by atoms with Crippen LogP contribution in [-0.4, -0.2) is 26.6 Å². The van der Waals surface area contributed by atoms with E-state index in [1.165, 1.54) is 29.2 Å². The third-order valence-electron chi connectivity index (χ3n) is 4.63. The molecule has 0 fully saturated rings. The van der Waals surface area contributed by atoms with E-state index in [1.54, 1.807) is 19.1 Å². The largest absolute Gasteiger partial charge is 0.279 e. The monoisotopic (exact) mass is 448 g/mol. The molecule has 0 atom stereocenters. The maximum Gasteiger partial charge on any atom is 0.265 e. The maximum atomic E-state index is 12.9. The molecule has 3 rings (SSSR count). The highest BCUT2D eigenvalue weighted by Crippen LogP contribution is 2.26. The van der Waals surface area contributed by atoms with Crippen LogP contribution >= 0.6 is 0 Å². The van der Waals surface area contributed by atoms with E-state index in [9.17, 15) is 16.8 Å². The Bertz CT molecular complexity index is 1300. The lowest BCUT2D eigenvalue weighted by Crippen LogP contribution is -2.16. The molecule has 30 heavy (non-hydrogen) atoms. The Kier molecular flexibility index (Phi) is 5.91. The fourth-order valence-corrected chi connectivity index (χ4v) is 5.10. The predicted octanol–water partition coefficient (Wildman–Crippen LogP) is 3.43. The van der Waals surface area contributed by atoms with Gasteiger partial charge in [0.05, 0.1) is 22.5 Å². The lowest BCUT2D eigenvalue weighted by atomic mass is 10.1. The average Bonchev–Trinajstić information content (AvgIpc) is 3.16. The van der Waals surface area contributed by atoms with Crippen LogP contribution in [0.15, 0.2) is 58.6 Å². The number of hydrogen-bond donors (Lipinski definition) is 2. The summed E-state index contributed by atoms with van der Waals surface area (Å²) >= 11 is 0. The number of rotatable bonds is 7. The van der Waals surface area contributed by atoms with Crippen molar-refractivity contribution in [1.29, 1.82) is 0 Å². The molecule has 0 amide bonds. The first-order valence-electron chi connectivity index (χ1n) is 9.28. The van der Waals surface area contributed by atoms with Gasteiger partial charge < -0.3 is 0 Å². The molecule has 8 nitrogen and oxygen atoms in total. The molecule has 0 aliphatic rings. The van der Waals surface area contributed by atoms with Crippen LogP contribution in [0.4, 0.5) is 11.4 Å². The molecule has 0 radical (unpaired) electrons. The molecule has 0 saturated carbocycles. The smallest absolute Gasteiger partial charge is 0.265 e. The van der Waals surface area contributed by atoms with Gasteiger partial charge in [0.1, 0.15) is 4.90 Å². The third-order valence-corrected chi connectivity index (χ3v) is 7.32. The van der Waals surface area contributed by atoms with E-state index in [0.717, 1.165) is 11.1 Å². The quantitative estimate of drug-likeness (QED) is 0.575. The first-order valence-corrected chi connectivity index (χ1v) is 12.2. The van der Waals surface area contributed by atoms with Crippen molar-refractivity contribution in [1.82, 2.24) is 9.78 Å². The van der Waals surface area contributed by atoms with Crippen LogP contribution in [0.5, 0.6) is 0 Å². The number of aromatic nitrogens is 2. The molecule has 10 heteroatoms. The number of hydrogen-bond acceptors (Lipinski definition) is 5. The van der Waals surface area contributed by atoms with Crippen molar-refractivity contribution in [3.63, 3.8) is 0 Å². The van der Waals surface area contributed by atoms with E-state index in [1.807, 2.05) is 32.9 Å². The zero-order valence-corrected chi connectivity index (χ0v) is 18.8. The van der Waals surface area contributed by atoms with Gasteiger partial charge in [0, 0.05) is 12.7 Å². The first kappa shape index (κ1) is 21.8. The summed E-state index contributed by atoms with van der Waals surface area (Å²) in [5.41, 5.74) is 3.05. The van der Waals surface area contributed by atoms with Gasteiger partial charge in [0.15, 0.2) is 0 Å². The Morgan fingerprint density at radius 1 is 0.833 bits per heavy atom. The van der Waals surface area contributed by atoms with E-state index >= 15 is 0 Å². The molecule has 1 heterocycles. The highest BCUT2D eigenvalue weighted by Gasteiger charge is 2.21. The minimum Gasteiger partial charge on any atom is -0.279 e. The number of nitrogens with one attached hydrogen (secondary N) is 2. The molecular weight excluding hydrogens is 424 g/mol. The Labute approximate surface area is 177 Å². The molecule has 160 valence electrons. The lowest BCUT2D eigenvalue weighted by molar-refractivity contribution is 0.598. The zero-order valence-electron chi connectivity index (χ0n) is 17.2. The Morgan fingerprint density at radius 3 is 2.13 bits per heavy atom. The van der Waals surface area contributed by atoms with Gasteiger partial charge in [-0.05, 0) is 57.0 Å². The summed E-state index contributed by atoms with van der Waals surface area (Å²) in [5.74, 6) is 0. The summed E-state index contributed by atoms with van der Waals surface area (Å²) in [5, 5.41) is 3.97. The summed E-state index contributed by atoms with van der Waals surface area (Å²) in [6, 6.07) is 9.70. The van der Waals surface area contributed by atoms with Gasteiger partial charge in [-0.15, -0.1) is 0 Å². The number of benzene rings is 2.